The summed E-state index contributed by atoms with van der Waals surface area (Å²) in [6, 6.07) is 9.20. The van der Waals surface area contributed by atoms with Gasteiger partial charge in [-0.1, -0.05) is 12.1 Å². The standard InChI is InChI=1S/C19H15F2NO4/c20-15-3-1-2-11(19(15)21)4-5-12-8-17(24)14-7-6-13(23)9-16(14)22(12)10-18(25)26/h1-3,6-9,23H,4-5,10H2,(H,25,26). The number of hydrogen-bond acceptors (Lipinski definition) is 3. The first-order valence-electron chi connectivity index (χ1n) is 7.87. The van der Waals surface area contributed by atoms with Crippen molar-refractivity contribution in [3.63, 3.8) is 0 Å². The van der Waals surface area contributed by atoms with Crippen molar-refractivity contribution in [1.82, 2.24) is 4.57 Å². The fourth-order valence-electron chi connectivity index (χ4n) is 2.95. The van der Waals surface area contributed by atoms with Gasteiger partial charge in [0.05, 0.1) is 5.52 Å². The van der Waals surface area contributed by atoms with E-state index in [0.29, 0.717) is 5.69 Å². The number of phenols is 1. The molecule has 2 aromatic carbocycles. The number of nitrogens with zero attached hydrogens (tertiary/aromatic N) is 1. The first-order valence-corrected chi connectivity index (χ1v) is 7.87. The number of fused-ring (bicyclic) bond motifs is 1. The molecule has 0 aliphatic rings. The summed E-state index contributed by atoms with van der Waals surface area (Å²) in [6.45, 7) is -0.429. The summed E-state index contributed by atoms with van der Waals surface area (Å²) in [5.74, 6) is -3.16. The Morgan fingerprint density at radius 2 is 1.85 bits per heavy atom. The van der Waals surface area contributed by atoms with Crippen LogP contribution in [-0.4, -0.2) is 20.7 Å². The van der Waals surface area contributed by atoms with Gasteiger partial charge in [0.15, 0.2) is 17.1 Å². The van der Waals surface area contributed by atoms with Crippen LogP contribution in [0.3, 0.4) is 0 Å². The molecule has 0 aliphatic carbocycles. The molecular formula is C19H15F2NO4. The maximum absolute atomic E-state index is 13.8. The van der Waals surface area contributed by atoms with Crippen LogP contribution in [0.2, 0.25) is 0 Å². The summed E-state index contributed by atoms with van der Waals surface area (Å²) in [6.07, 6.45) is 0.224. The molecule has 0 saturated carbocycles. The van der Waals surface area contributed by atoms with Gasteiger partial charge in [-0.05, 0) is 36.6 Å². The molecule has 0 fully saturated rings. The van der Waals surface area contributed by atoms with E-state index in [2.05, 4.69) is 0 Å². The Morgan fingerprint density at radius 3 is 2.58 bits per heavy atom. The molecule has 134 valence electrons. The lowest BCUT2D eigenvalue weighted by atomic mass is 10.1. The molecule has 0 atom stereocenters. The minimum Gasteiger partial charge on any atom is -0.508 e. The van der Waals surface area contributed by atoms with E-state index >= 15 is 0 Å². The Morgan fingerprint density at radius 1 is 1.08 bits per heavy atom. The van der Waals surface area contributed by atoms with Crippen molar-refractivity contribution < 1.29 is 23.8 Å². The van der Waals surface area contributed by atoms with E-state index in [4.69, 9.17) is 0 Å². The van der Waals surface area contributed by atoms with Crippen LogP contribution in [0.4, 0.5) is 8.78 Å². The second-order valence-electron chi connectivity index (χ2n) is 5.89. The summed E-state index contributed by atoms with van der Waals surface area (Å²) in [4.78, 5) is 23.5. The normalized spacial score (nSPS) is 11.0. The molecule has 5 nitrogen and oxygen atoms in total. The van der Waals surface area contributed by atoms with Gasteiger partial charge in [0, 0.05) is 23.2 Å². The lowest BCUT2D eigenvalue weighted by Crippen LogP contribution is -2.19. The van der Waals surface area contributed by atoms with Crippen LogP contribution in [0.5, 0.6) is 5.75 Å². The maximum Gasteiger partial charge on any atom is 0.323 e. The number of pyridine rings is 1. The number of aliphatic carboxylic acids is 1. The molecule has 3 rings (SSSR count). The minimum atomic E-state index is -1.13. The van der Waals surface area contributed by atoms with Crippen LogP contribution >= 0.6 is 0 Å². The average Bonchev–Trinajstić information content (AvgIpc) is 2.58. The number of carbonyl (C=O) groups is 1. The molecule has 0 aliphatic heterocycles. The number of halogens is 2. The highest BCUT2D eigenvalue weighted by atomic mass is 19.2. The van der Waals surface area contributed by atoms with Gasteiger partial charge >= 0.3 is 5.97 Å². The van der Waals surface area contributed by atoms with Gasteiger partial charge in [-0.2, -0.15) is 0 Å². The van der Waals surface area contributed by atoms with E-state index < -0.39 is 24.1 Å². The second kappa shape index (κ2) is 6.95. The summed E-state index contributed by atoms with van der Waals surface area (Å²) in [5, 5.41) is 19.1. The molecule has 1 aromatic heterocycles. The van der Waals surface area contributed by atoms with E-state index in [1.807, 2.05) is 0 Å². The van der Waals surface area contributed by atoms with Gasteiger partial charge in [-0.3, -0.25) is 9.59 Å². The molecule has 26 heavy (non-hydrogen) atoms. The Balaban J connectivity index is 2.08. The Bertz CT molecular complexity index is 1060. The zero-order valence-electron chi connectivity index (χ0n) is 13.6. The number of aromatic nitrogens is 1. The zero-order chi connectivity index (χ0) is 18.8. The zero-order valence-corrected chi connectivity index (χ0v) is 13.6. The molecule has 0 spiro atoms. The predicted molar refractivity (Wildman–Crippen MR) is 91.3 cm³/mol. The third-order valence-electron chi connectivity index (χ3n) is 4.16. The van der Waals surface area contributed by atoms with E-state index in [1.165, 1.54) is 41.0 Å². The largest absolute Gasteiger partial charge is 0.508 e. The monoisotopic (exact) mass is 359 g/mol. The van der Waals surface area contributed by atoms with Crippen LogP contribution in [0, 0.1) is 11.6 Å². The summed E-state index contributed by atoms with van der Waals surface area (Å²) in [5.41, 5.74) is 0.431. The average molecular weight is 359 g/mol. The van der Waals surface area contributed by atoms with Crippen LogP contribution in [0.15, 0.2) is 47.3 Å². The lowest BCUT2D eigenvalue weighted by molar-refractivity contribution is -0.137. The van der Waals surface area contributed by atoms with Crippen molar-refractivity contribution in [2.75, 3.05) is 0 Å². The third kappa shape index (κ3) is 3.42. The van der Waals surface area contributed by atoms with Crippen molar-refractivity contribution in [1.29, 1.82) is 0 Å². The van der Waals surface area contributed by atoms with Crippen molar-refractivity contribution in [2.24, 2.45) is 0 Å². The highest BCUT2D eigenvalue weighted by molar-refractivity contribution is 5.82. The van der Waals surface area contributed by atoms with Crippen molar-refractivity contribution in [2.45, 2.75) is 19.4 Å². The number of carboxylic acid groups (broad SMARTS) is 1. The molecule has 0 radical (unpaired) electrons. The first-order chi connectivity index (χ1) is 12.4. The molecule has 7 heteroatoms. The molecule has 0 amide bonds. The SMILES string of the molecule is O=C(O)Cn1c(CCc2cccc(F)c2F)cc(=O)c2ccc(O)cc21. The summed E-state index contributed by atoms with van der Waals surface area (Å²) >= 11 is 0. The summed E-state index contributed by atoms with van der Waals surface area (Å²) in [7, 11) is 0. The van der Waals surface area contributed by atoms with Gasteiger partial charge < -0.3 is 14.8 Å². The molecule has 0 bridgehead atoms. The Hall–Kier alpha value is -3.22. The first kappa shape index (κ1) is 17.6. The third-order valence-corrected chi connectivity index (χ3v) is 4.16. The molecule has 3 aromatic rings. The van der Waals surface area contributed by atoms with E-state index in [1.54, 1.807) is 0 Å². The topological polar surface area (TPSA) is 79.5 Å². The Kier molecular flexibility index (Phi) is 4.71. The van der Waals surface area contributed by atoms with E-state index in [0.717, 1.165) is 6.07 Å². The van der Waals surface area contributed by atoms with Gasteiger partial charge in [-0.15, -0.1) is 0 Å². The number of aryl methyl sites for hydroxylation is 2. The van der Waals surface area contributed by atoms with Gasteiger partial charge in [0.1, 0.15) is 12.3 Å². The predicted octanol–water partition coefficient (Wildman–Crippen LogP) is 2.86. The van der Waals surface area contributed by atoms with E-state index in [9.17, 15) is 28.6 Å². The number of hydrogen-bond donors (Lipinski definition) is 2. The maximum atomic E-state index is 13.8. The van der Waals surface area contributed by atoms with Crippen LogP contribution in [0.1, 0.15) is 11.3 Å². The van der Waals surface area contributed by atoms with Crippen LogP contribution < -0.4 is 5.43 Å². The second-order valence-corrected chi connectivity index (χ2v) is 5.89. The highest BCUT2D eigenvalue weighted by Crippen LogP contribution is 2.21. The number of phenolic OH excluding ortho intramolecular Hbond substituents is 1. The molecule has 0 unspecified atom stereocenters. The number of rotatable bonds is 5. The van der Waals surface area contributed by atoms with E-state index in [-0.39, 0.29) is 40.5 Å². The lowest BCUT2D eigenvalue weighted by Gasteiger charge is -2.15. The van der Waals surface area contributed by atoms with Gasteiger partial charge in [0.2, 0.25) is 0 Å². The molecule has 1 heterocycles. The van der Waals surface area contributed by atoms with Crippen LogP contribution in [0.25, 0.3) is 10.9 Å². The van der Waals surface area contributed by atoms with Crippen molar-refractivity contribution in [3.05, 3.63) is 75.6 Å². The molecule has 0 saturated heterocycles. The molecular weight excluding hydrogens is 344 g/mol. The highest BCUT2D eigenvalue weighted by Gasteiger charge is 2.14. The van der Waals surface area contributed by atoms with Crippen molar-refractivity contribution in [3.8, 4) is 5.75 Å². The fraction of sp³-hybridized carbons (Fsp3) is 0.158. The fourth-order valence-corrected chi connectivity index (χ4v) is 2.95. The van der Waals surface area contributed by atoms with Gasteiger partial charge in [-0.25, -0.2) is 8.78 Å². The quantitative estimate of drug-likeness (QED) is 0.734. The van der Waals surface area contributed by atoms with Crippen molar-refractivity contribution >= 4 is 16.9 Å². The molecule has 2 N–H and O–H groups in total. The van der Waals surface area contributed by atoms with Gasteiger partial charge in [0.25, 0.3) is 0 Å². The number of carboxylic acids is 1. The smallest absolute Gasteiger partial charge is 0.323 e. The minimum absolute atomic E-state index is 0.0903. The number of benzene rings is 2. The Labute approximate surface area is 146 Å². The van der Waals surface area contributed by atoms with Crippen LogP contribution in [-0.2, 0) is 24.2 Å². The summed E-state index contributed by atoms with van der Waals surface area (Å²) < 4.78 is 28.6. The number of aromatic hydroxyl groups is 1.